The first-order valence-corrected chi connectivity index (χ1v) is 10.2. The van der Waals surface area contributed by atoms with Gasteiger partial charge in [0, 0.05) is 12.1 Å². The molecule has 1 aliphatic heterocycles. The second kappa shape index (κ2) is 7.67. The summed E-state index contributed by atoms with van der Waals surface area (Å²) in [6, 6.07) is 9.54. The van der Waals surface area contributed by atoms with E-state index in [1.165, 1.54) is 0 Å². The van der Waals surface area contributed by atoms with Gasteiger partial charge in [0.05, 0.1) is 23.9 Å². The molecule has 4 heterocycles. The number of benzene rings is 1. The number of furan rings is 1. The SMILES string of the molecule is CCn1c(-c2ccc3c(c2)OCCO3)cnc1SCc1noc(-c2ccco2)n1. The number of fused-ring (bicyclic) bond motifs is 1. The molecular formula is C20H18N4O4S. The fourth-order valence-electron chi connectivity index (χ4n) is 3.15. The van der Waals surface area contributed by atoms with Crippen molar-refractivity contribution in [3.05, 3.63) is 48.6 Å². The van der Waals surface area contributed by atoms with Crippen molar-refractivity contribution in [3.8, 4) is 34.4 Å². The van der Waals surface area contributed by atoms with Crippen LogP contribution in [-0.2, 0) is 12.3 Å². The van der Waals surface area contributed by atoms with E-state index in [4.69, 9.17) is 18.4 Å². The summed E-state index contributed by atoms with van der Waals surface area (Å²) in [6.45, 7) is 4.03. The summed E-state index contributed by atoms with van der Waals surface area (Å²) in [5.74, 6) is 3.62. The van der Waals surface area contributed by atoms with Crippen molar-refractivity contribution in [2.75, 3.05) is 13.2 Å². The molecule has 8 nitrogen and oxygen atoms in total. The van der Waals surface area contributed by atoms with Gasteiger partial charge in [0.15, 0.2) is 28.2 Å². The summed E-state index contributed by atoms with van der Waals surface area (Å²) in [5, 5.41) is 4.91. The molecule has 0 bridgehead atoms. The third kappa shape index (κ3) is 3.49. The van der Waals surface area contributed by atoms with Crippen molar-refractivity contribution >= 4 is 11.8 Å². The van der Waals surface area contributed by atoms with Gasteiger partial charge in [-0.1, -0.05) is 16.9 Å². The number of imidazole rings is 1. The Bertz CT molecular complexity index is 1120. The van der Waals surface area contributed by atoms with Crippen LogP contribution in [0.4, 0.5) is 0 Å². The Labute approximate surface area is 170 Å². The van der Waals surface area contributed by atoms with Gasteiger partial charge in [-0.15, -0.1) is 0 Å². The van der Waals surface area contributed by atoms with Crippen molar-refractivity contribution < 1.29 is 18.4 Å². The Hall–Kier alpha value is -3.20. The maximum Gasteiger partial charge on any atom is 0.293 e. The molecule has 9 heteroatoms. The highest BCUT2D eigenvalue weighted by molar-refractivity contribution is 7.98. The van der Waals surface area contributed by atoms with Gasteiger partial charge in [0.2, 0.25) is 0 Å². The minimum Gasteiger partial charge on any atom is -0.486 e. The van der Waals surface area contributed by atoms with Gasteiger partial charge in [0.1, 0.15) is 13.2 Å². The van der Waals surface area contributed by atoms with E-state index in [0.717, 1.165) is 34.5 Å². The molecule has 1 aromatic carbocycles. The fourth-order valence-corrected chi connectivity index (χ4v) is 4.04. The number of nitrogens with zero attached hydrogens (tertiary/aromatic N) is 4. The number of hydrogen-bond acceptors (Lipinski definition) is 8. The minimum absolute atomic E-state index is 0.376. The predicted molar refractivity (Wildman–Crippen MR) is 106 cm³/mol. The summed E-state index contributed by atoms with van der Waals surface area (Å²) in [4.78, 5) is 8.97. The lowest BCUT2D eigenvalue weighted by atomic mass is 10.1. The summed E-state index contributed by atoms with van der Waals surface area (Å²) in [6.07, 6.45) is 3.45. The molecule has 0 radical (unpaired) electrons. The zero-order valence-corrected chi connectivity index (χ0v) is 16.5. The van der Waals surface area contributed by atoms with E-state index in [1.807, 2.05) is 24.4 Å². The molecule has 0 spiro atoms. The molecule has 29 heavy (non-hydrogen) atoms. The average molecular weight is 410 g/mol. The largest absolute Gasteiger partial charge is 0.486 e. The molecule has 148 valence electrons. The zero-order chi connectivity index (χ0) is 19.6. The average Bonchev–Trinajstić information content (AvgIpc) is 3.52. The molecule has 4 aromatic rings. The molecule has 0 aliphatic carbocycles. The van der Waals surface area contributed by atoms with E-state index in [1.54, 1.807) is 30.2 Å². The van der Waals surface area contributed by atoms with Gasteiger partial charge in [-0.05, 0) is 37.3 Å². The first kappa shape index (κ1) is 17.9. The van der Waals surface area contributed by atoms with E-state index in [-0.39, 0.29) is 0 Å². The van der Waals surface area contributed by atoms with Crippen molar-refractivity contribution in [2.45, 2.75) is 24.4 Å². The minimum atomic E-state index is 0.376. The van der Waals surface area contributed by atoms with Crippen molar-refractivity contribution in [3.63, 3.8) is 0 Å². The third-order valence-corrected chi connectivity index (χ3v) is 5.49. The van der Waals surface area contributed by atoms with Crippen molar-refractivity contribution in [2.24, 2.45) is 0 Å². The highest BCUT2D eigenvalue weighted by atomic mass is 32.2. The predicted octanol–water partition coefficient (Wildman–Crippen LogP) is 4.28. The first-order chi connectivity index (χ1) is 14.3. The van der Waals surface area contributed by atoms with E-state index in [9.17, 15) is 0 Å². The van der Waals surface area contributed by atoms with Crippen LogP contribution in [0, 0.1) is 0 Å². The molecule has 0 amide bonds. The zero-order valence-electron chi connectivity index (χ0n) is 15.7. The molecule has 0 unspecified atom stereocenters. The lowest BCUT2D eigenvalue weighted by Crippen LogP contribution is -2.15. The Kier molecular flexibility index (Phi) is 4.73. The van der Waals surface area contributed by atoms with Crippen LogP contribution < -0.4 is 9.47 Å². The monoisotopic (exact) mass is 410 g/mol. The van der Waals surface area contributed by atoms with Gasteiger partial charge in [-0.2, -0.15) is 4.98 Å². The quantitative estimate of drug-likeness (QED) is 0.435. The second-order valence-corrected chi connectivity index (χ2v) is 7.25. The first-order valence-electron chi connectivity index (χ1n) is 9.26. The summed E-state index contributed by atoms with van der Waals surface area (Å²) in [5.41, 5.74) is 2.06. The van der Waals surface area contributed by atoms with Gasteiger partial charge in [0.25, 0.3) is 5.89 Å². The van der Waals surface area contributed by atoms with E-state index < -0.39 is 0 Å². The van der Waals surface area contributed by atoms with Crippen LogP contribution in [-0.4, -0.2) is 32.9 Å². The summed E-state index contributed by atoms with van der Waals surface area (Å²) in [7, 11) is 0. The van der Waals surface area contributed by atoms with Crippen LogP contribution in [0.25, 0.3) is 22.9 Å². The molecule has 3 aromatic heterocycles. The lowest BCUT2D eigenvalue weighted by molar-refractivity contribution is 0.171. The smallest absolute Gasteiger partial charge is 0.293 e. The molecule has 0 saturated carbocycles. The molecule has 0 fully saturated rings. The number of hydrogen-bond donors (Lipinski definition) is 0. The highest BCUT2D eigenvalue weighted by Crippen LogP contribution is 2.36. The summed E-state index contributed by atoms with van der Waals surface area (Å²) < 4.78 is 24.0. The van der Waals surface area contributed by atoms with Crippen LogP contribution in [0.2, 0.25) is 0 Å². The van der Waals surface area contributed by atoms with Crippen molar-refractivity contribution in [1.82, 2.24) is 19.7 Å². The molecule has 0 saturated heterocycles. The lowest BCUT2D eigenvalue weighted by Gasteiger charge is -2.19. The third-order valence-electron chi connectivity index (χ3n) is 4.50. The Morgan fingerprint density at radius 2 is 2.03 bits per heavy atom. The van der Waals surface area contributed by atoms with Crippen LogP contribution in [0.3, 0.4) is 0 Å². The van der Waals surface area contributed by atoms with Crippen LogP contribution in [0.5, 0.6) is 11.5 Å². The van der Waals surface area contributed by atoms with Gasteiger partial charge in [-0.3, -0.25) is 0 Å². The van der Waals surface area contributed by atoms with E-state index >= 15 is 0 Å². The topological polar surface area (TPSA) is 88.3 Å². The molecule has 5 rings (SSSR count). The Balaban J connectivity index is 1.35. The standard InChI is InChI=1S/C20H18N4O4S/c1-2-24-14(13-5-6-15-17(10-13)27-9-8-26-15)11-21-20(24)29-12-18-22-19(28-23-18)16-4-3-7-25-16/h3-7,10-11H,2,8-9,12H2,1H3. The number of rotatable bonds is 6. The van der Waals surface area contributed by atoms with E-state index in [2.05, 4.69) is 26.6 Å². The Morgan fingerprint density at radius 3 is 2.86 bits per heavy atom. The van der Waals surface area contributed by atoms with Crippen LogP contribution >= 0.6 is 11.8 Å². The number of ether oxygens (including phenoxy) is 2. The number of aromatic nitrogens is 4. The molecule has 0 atom stereocenters. The maximum absolute atomic E-state index is 5.71. The molecule has 0 N–H and O–H groups in total. The van der Waals surface area contributed by atoms with Crippen LogP contribution in [0.15, 0.2) is 56.9 Å². The normalized spacial score (nSPS) is 13.0. The molecular weight excluding hydrogens is 392 g/mol. The number of thioether (sulfide) groups is 1. The van der Waals surface area contributed by atoms with Gasteiger partial charge >= 0.3 is 0 Å². The summed E-state index contributed by atoms with van der Waals surface area (Å²) >= 11 is 1.56. The fraction of sp³-hybridized carbons (Fsp3) is 0.250. The van der Waals surface area contributed by atoms with Crippen LogP contribution in [0.1, 0.15) is 12.7 Å². The highest BCUT2D eigenvalue weighted by Gasteiger charge is 2.17. The van der Waals surface area contributed by atoms with Gasteiger partial charge < -0.3 is 23.0 Å². The molecule has 1 aliphatic rings. The van der Waals surface area contributed by atoms with E-state index in [0.29, 0.717) is 36.4 Å². The maximum atomic E-state index is 5.71. The van der Waals surface area contributed by atoms with Gasteiger partial charge in [-0.25, -0.2) is 4.98 Å². The van der Waals surface area contributed by atoms with Crippen molar-refractivity contribution in [1.29, 1.82) is 0 Å². The second-order valence-electron chi connectivity index (χ2n) is 6.31. The Morgan fingerprint density at radius 1 is 1.14 bits per heavy atom.